The Balaban J connectivity index is 1.89. The Kier molecular flexibility index (Phi) is 6.67. The SMILES string of the molecule is C/C(=C/C(=O)NCc1ccc(NC(=O)C(C)C)cc1)c1ccc(F)cc1. The number of amides is 2. The second-order valence-corrected chi connectivity index (χ2v) is 6.39. The number of halogens is 1. The summed E-state index contributed by atoms with van der Waals surface area (Å²) in [5.41, 5.74) is 3.21. The molecule has 0 aliphatic carbocycles. The van der Waals surface area contributed by atoms with Gasteiger partial charge in [0.2, 0.25) is 11.8 Å². The number of allylic oxidation sites excluding steroid dienone is 1. The summed E-state index contributed by atoms with van der Waals surface area (Å²) in [6.07, 6.45) is 1.49. The van der Waals surface area contributed by atoms with Gasteiger partial charge in [-0.05, 0) is 47.9 Å². The van der Waals surface area contributed by atoms with Crippen LogP contribution in [0.25, 0.3) is 5.57 Å². The topological polar surface area (TPSA) is 58.2 Å². The summed E-state index contributed by atoms with van der Waals surface area (Å²) in [7, 11) is 0. The van der Waals surface area contributed by atoms with Gasteiger partial charge in [-0.2, -0.15) is 0 Å². The smallest absolute Gasteiger partial charge is 0.244 e. The van der Waals surface area contributed by atoms with Crippen LogP contribution in [0.4, 0.5) is 10.1 Å². The van der Waals surface area contributed by atoms with Crippen LogP contribution in [0.1, 0.15) is 31.9 Å². The van der Waals surface area contributed by atoms with Crippen molar-refractivity contribution in [3.8, 4) is 0 Å². The summed E-state index contributed by atoms with van der Waals surface area (Å²) in [6.45, 7) is 5.85. The molecule has 26 heavy (non-hydrogen) atoms. The highest BCUT2D eigenvalue weighted by Gasteiger charge is 2.07. The largest absolute Gasteiger partial charge is 0.348 e. The van der Waals surface area contributed by atoms with E-state index in [-0.39, 0.29) is 23.5 Å². The van der Waals surface area contributed by atoms with E-state index < -0.39 is 0 Å². The van der Waals surface area contributed by atoms with Gasteiger partial charge in [0.15, 0.2) is 0 Å². The average Bonchev–Trinajstić information content (AvgIpc) is 2.61. The van der Waals surface area contributed by atoms with Gasteiger partial charge in [0.05, 0.1) is 0 Å². The molecule has 5 heteroatoms. The average molecular weight is 354 g/mol. The number of carbonyl (C=O) groups is 2. The molecule has 2 rings (SSSR count). The molecule has 0 aromatic heterocycles. The minimum absolute atomic E-state index is 0.0348. The van der Waals surface area contributed by atoms with E-state index in [0.29, 0.717) is 6.54 Å². The molecule has 2 aromatic carbocycles. The van der Waals surface area contributed by atoms with Crippen LogP contribution in [0.15, 0.2) is 54.6 Å². The molecule has 0 fully saturated rings. The van der Waals surface area contributed by atoms with Crippen molar-refractivity contribution >= 4 is 23.1 Å². The number of hydrogen-bond acceptors (Lipinski definition) is 2. The van der Waals surface area contributed by atoms with Crippen LogP contribution in [-0.4, -0.2) is 11.8 Å². The van der Waals surface area contributed by atoms with Gasteiger partial charge < -0.3 is 10.6 Å². The summed E-state index contributed by atoms with van der Waals surface area (Å²) in [5.74, 6) is -0.638. The summed E-state index contributed by atoms with van der Waals surface area (Å²) in [6, 6.07) is 13.3. The van der Waals surface area contributed by atoms with Crippen molar-refractivity contribution in [2.45, 2.75) is 27.3 Å². The maximum absolute atomic E-state index is 12.9. The van der Waals surface area contributed by atoms with E-state index in [4.69, 9.17) is 0 Å². The van der Waals surface area contributed by atoms with Crippen LogP contribution in [0.3, 0.4) is 0 Å². The summed E-state index contributed by atoms with van der Waals surface area (Å²) < 4.78 is 12.9. The Morgan fingerprint density at radius 2 is 1.65 bits per heavy atom. The lowest BCUT2D eigenvalue weighted by Gasteiger charge is -2.09. The van der Waals surface area contributed by atoms with Gasteiger partial charge in [0.25, 0.3) is 0 Å². The van der Waals surface area contributed by atoms with E-state index in [1.165, 1.54) is 18.2 Å². The van der Waals surface area contributed by atoms with E-state index >= 15 is 0 Å². The predicted molar refractivity (Wildman–Crippen MR) is 102 cm³/mol. The molecule has 0 spiro atoms. The first kappa shape index (κ1) is 19.4. The van der Waals surface area contributed by atoms with E-state index in [0.717, 1.165) is 22.4 Å². The zero-order valence-corrected chi connectivity index (χ0v) is 15.2. The van der Waals surface area contributed by atoms with Gasteiger partial charge in [-0.1, -0.05) is 38.1 Å². The van der Waals surface area contributed by atoms with Crippen LogP contribution in [0.2, 0.25) is 0 Å². The Hall–Kier alpha value is -2.95. The fraction of sp³-hybridized carbons (Fsp3) is 0.238. The van der Waals surface area contributed by atoms with Crippen molar-refractivity contribution in [2.24, 2.45) is 5.92 Å². The zero-order valence-electron chi connectivity index (χ0n) is 15.2. The molecule has 0 heterocycles. The molecule has 4 nitrogen and oxygen atoms in total. The number of hydrogen-bond donors (Lipinski definition) is 2. The number of nitrogens with one attached hydrogen (secondary N) is 2. The Bertz CT molecular complexity index is 794. The van der Waals surface area contributed by atoms with Crippen LogP contribution >= 0.6 is 0 Å². The monoisotopic (exact) mass is 354 g/mol. The zero-order chi connectivity index (χ0) is 19.1. The quantitative estimate of drug-likeness (QED) is 0.766. The minimum Gasteiger partial charge on any atom is -0.348 e. The highest BCUT2D eigenvalue weighted by molar-refractivity contribution is 5.94. The van der Waals surface area contributed by atoms with E-state index in [1.807, 2.05) is 26.0 Å². The number of benzene rings is 2. The highest BCUT2D eigenvalue weighted by Crippen LogP contribution is 2.14. The van der Waals surface area contributed by atoms with E-state index in [1.54, 1.807) is 31.2 Å². The Morgan fingerprint density at radius 3 is 2.23 bits per heavy atom. The molecule has 0 aliphatic heterocycles. The molecule has 2 aromatic rings. The molecular weight excluding hydrogens is 331 g/mol. The normalized spacial score (nSPS) is 11.3. The summed E-state index contributed by atoms with van der Waals surface area (Å²) in [4.78, 5) is 23.7. The van der Waals surface area contributed by atoms with Gasteiger partial charge in [-0.3, -0.25) is 9.59 Å². The Labute approximate surface area is 153 Å². The van der Waals surface area contributed by atoms with Crippen LogP contribution < -0.4 is 10.6 Å². The maximum Gasteiger partial charge on any atom is 0.244 e. The summed E-state index contributed by atoms with van der Waals surface area (Å²) >= 11 is 0. The lowest BCUT2D eigenvalue weighted by Crippen LogP contribution is -2.21. The van der Waals surface area contributed by atoms with Gasteiger partial charge in [-0.15, -0.1) is 0 Å². The van der Waals surface area contributed by atoms with Crippen molar-refractivity contribution in [3.63, 3.8) is 0 Å². The molecule has 2 amide bonds. The molecule has 0 bridgehead atoms. The third-order valence-corrected chi connectivity index (χ3v) is 3.86. The molecule has 2 N–H and O–H groups in total. The molecule has 136 valence electrons. The van der Waals surface area contributed by atoms with Gasteiger partial charge >= 0.3 is 0 Å². The second-order valence-electron chi connectivity index (χ2n) is 6.39. The first-order valence-electron chi connectivity index (χ1n) is 8.47. The fourth-order valence-corrected chi connectivity index (χ4v) is 2.23. The van der Waals surface area contributed by atoms with Crippen LogP contribution in [-0.2, 0) is 16.1 Å². The van der Waals surface area contributed by atoms with Crippen molar-refractivity contribution in [1.82, 2.24) is 5.32 Å². The first-order chi connectivity index (χ1) is 12.3. The lowest BCUT2D eigenvalue weighted by atomic mass is 10.1. The Morgan fingerprint density at radius 1 is 1.04 bits per heavy atom. The first-order valence-corrected chi connectivity index (χ1v) is 8.47. The van der Waals surface area contributed by atoms with E-state index in [2.05, 4.69) is 10.6 Å². The van der Waals surface area contributed by atoms with E-state index in [9.17, 15) is 14.0 Å². The standard InChI is InChI=1S/C21H23FN2O2/c1-14(2)21(26)24-19-10-4-16(5-11-19)13-23-20(25)12-15(3)17-6-8-18(22)9-7-17/h4-12,14H,13H2,1-3H3,(H,23,25)(H,24,26)/b15-12-. The van der Waals surface area contributed by atoms with Crippen molar-refractivity contribution in [1.29, 1.82) is 0 Å². The lowest BCUT2D eigenvalue weighted by molar-refractivity contribution is -0.119. The predicted octanol–water partition coefficient (Wildman–Crippen LogP) is 4.14. The van der Waals surface area contributed by atoms with Crippen molar-refractivity contribution in [3.05, 3.63) is 71.6 Å². The third kappa shape index (κ3) is 5.84. The van der Waals surface area contributed by atoms with Crippen molar-refractivity contribution < 1.29 is 14.0 Å². The van der Waals surface area contributed by atoms with Gasteiger partial charge in [0, 0.05) is 24.2 Å². The number of rotatable bonds is 6. The molecule has 0 aliphatic rings. The van der Waals surface area contributed by atoms with Gasteiger partial charge in [0.1, 0.15) is 5.82 Å². The summed E-state index contributed by atoms with van der Waals surface area (Å²) in [5, 5.41) is 5.63. The molecule has 0 atom stereocenters. The second kappa shape index (κ2) is 8.94. The third-order valence-electron chi connectivity index (χ3n) is 3.86. The molecule has 0 saturated carbocycles. The maximum atomic E-state index is 12.9. The number of carbonyl (C=O) groups excluding carboxylic acids is 2. The highest BCUT2D eigenvalue weighted by atomic mass is 19.1. The molecular formula is C21H23FN2O2. The van der Waals surface area contributed by atoms with Crippen LogP contribution in [0, 0.1) is 11.7 Å². The van der Waals surface area contributed by atoms with Crippen LogP contribution in [0.5, 0.6) is 0 Å². The fourth-order valence-electron chi connectivity index (χ4n) is 2.23. The van der Waals surface area contributed by atoms with Crippen molar-refractivity contribution in [2.75, 3.05) is 5.32 Å². The minimum atomic E-state index is -0.306. The molecule has 0 unspecified atom stereocenters. The molecule has 0 radical (unpaired) electrons. The number of anilines is 1. The van der Waals surface area contributed by atoms with Gasteiger partial charge in [-0.25, -0.2) is 4.39 Å². The molecule has 0 saturated heterocycles.